The van der Waals surface area contributed by atoms with Gasteiger partial charge in [-0.05, 0) is 13.0 Å². The van der Waals surface area contributed by atoms with Gasteiger partial charge in [0.15, 0.2) is 0 Å². The highest BCUT2D eigenvalue weighted by molar-refractivity contribution is 5.99. The first-order valence-electron chi connectivity index (χ1n) is 6.10. The molecule has 1 aromatic rings. The topological polar surface area (TPSA) is 102 Å². The fourth-order valence-electron chi connectivity index (χ4n) is 2.20. The lowest BCUT2D eigenvalue weighted by Gasteiger charge is -2.39. The van der Waals surface area contributed by atoms with E-state index in [0.29, 0.717) is 18.3 Å². The van der Waals surface area contributed by atoms with Crippen LogP contribution in [-0.2, 0) is 0 Å². The van der Waals surface area contributed by atoms with Crippen LogP contribution >= 0.6 is 0 Å². The maximum Gasteiger partial charge on any atom is 0.270 e. The van der Waals surface area contributed by atoms with Gasteiger partial charge >= 0.3 is 0 Å². The van der Waals surface area contributed by atoms with Crippen LogP contribution in [0.2, 0.25) is 0 Å². The predicted molar refractivity (Wildman–Crippen MR) is 71.3 cm³/mol. The minimum absolute atomic E-state index is 0.125. The van der Waals surface area contributed by atoms with Crippen molar-refractivity contribution in [2.24, 2.45) is 5.73 Å². The van der Waals surface area contributed by atoms with Gasteiger partial charge < -0.3 is 16.0 Å². The molecule has 7 nitrogen and oxygen atoms in total. The number of nitrogens with two attached hydrogens (primary N) is 1. The van der Waals surface area contributed by atoms with E-state index in [-0.39, 0.29) is 11.3 Å². The molecule has 1 aliphatic heterocycles. The van der Waals surface area contributed by atoms with E-state index in [2.05, 4.69) is 5.32 Å². The normalized spacial score (nSPS) is 14.8. The second kappa shape index (κ2) is 5.23. The summed E-state index contributed by atoms with van der Waals surface area (Å²) in [5.41, 5.74) is 6.06. The zero-order chi connectivity index (χ0) is 14.0. The highest BCUT2D eigenvalue weighted by Gasteiger charge is 2.27. The molecule has 7 heteroatoms. The van der Waals surface area contributed by atoms with Gasteiger partial charge in [0, 0.05) is 31.8 Å². The Labute approximate surface area is 110 Å². The molecule has 0 bridgehead atoms. The fraction of sp³-hybridized carbons (Fsp3) is 0.417. The molecule has 19 heavy (non-hydrogen) atoms. The summed E-state index contributed by atoms with van der Waals surface area (Å²) in [5.74, 6) is -0.649. The van der Waals surface area contributed by atoms with Gasteiger partial charge in [-0.3, -0.25) is 14.9 Å². The molecule has 0 radical (unpaired) electrons. The van der Waals surface area contributed by atoms with Crippen molar-refractivity contribution in [1.82, 2.24) is 5.32 Å². The Morgan fingerprint density at radius 2 is 2.26 bits per heavy atom. The molecular weight excluding hydrogens is 248 g/mol. The molecule has 0 aromatic heterocycles. The highest BCUT2D eigenvalue weighted by atomic mass is 16.6. The van der Waals surface area contributed by atoms with Gasteiger partial charge in [-0.15, -0.1) is 0 Å². The molecule has 0 aliphatic carbocycles. The van der Waals surface area contributed by atoms with Crippen molar-refractivity contribution in [1.29, 1.82) is 0 Å². The minimum Gasteiger partial charge on any atom is -0.366 e. The van der Waals surface area contributed by atoms with Gasteiger partial charge in [0.25, 0.3) is 11.6 Å². The summed E-state index contributed by atoms with van der Waals surface area (Å²) in [4.78, 5) is 23.8. The summed E-state index contributed by atoms with van der Waals surface area (Å²) in [6, 6.07) is 4.53. The molecule has 2 rings (SSSR count). The summed E-state index contributed by atoms with van der Waals surface area (Å²) in [6.45, 7) is 4.36. The van der Waals surface area contributed by atoms with E-state index in [0.717, 1.165) is 13.1 Å². The van der Waals surface area contributed by atoms with Crippen LogP contribution in [0.5, 0.6) is 0 Å². The number of nitro groups is 1. The Hall–Kier alpha value is -2.15. The Morgan fingerprint density at radius 3 is 2.68 bits per heavy atom. The molecule has 0 unspecified atom stereocenters. The van der Waals surface area contributed by atoms with Crippen LogP contribution in [0, 0.1) is 10.1 Å². The second-order valence-electron chi connectivity index (χ2n) is 4.42. The van der Waals surface area contributed by atoms with Crippen molar-refractivity contribution in [2.45, 2.75) is 13.0 Å². The molecule has 1 fully saturated rings. The van der Waals surface area contributed by atoms with Gasteiger partial charge in [0.05, 0.1) is 22.2 Å². The molecule has 1 aliphatic rings. The summed E-state index contributed by atoms with van der Waals surface area (Å²) in [5, 5.41) is 13.9. The molecular formula is C12H16N4O3. The van der Waals surface area contributed by atoms with E-state index < -0.39 is 10.8 Å². The summed E-state index contributed by atoms with van der Waals surface area (Å²) >= 11 is 0. The number of carbonyl (C=O) groups is 1. The minimum atomic E-state index is -0.649. The summed E-state index contributed by atoms with van der Waals surface area (Å²) in [6.07, 6.45) is 0. The lowest BCUT2D eigenvalue weighted by Crippen LogP contribution is -2.57. The molecule has 0 spiro atoms. The van der Waals surface area contributed by atoms with E-state index in [1.54, 1.807) is 6.07 Å². The molecule has 1 heterocycles. The zero-order valence-corrected chi connectivity index (χ0v) is 10.6. The highest BCUT2D eigenvalue weighted by Crippen LogP contribution is 2.27. The summed E-state index contributed by atoms with van der Waals surface area (Å²) < 4.78 is 0. The maximum atomic E-state index is 11.5. The lowest BCUT2D eigenvalue weighted by atomic mass is 10.1. The third kappa shape index (κ3) is 2.50. The molecule has 0 saturated carbocycles. The van der Waals surface area contributed by atoms with Crippen molar-refractivity contribution in [2.75, 3.05) is 24.5 Å². The number of anilines is 1. The number of non-ortho nitro benzene ring substituents is 1. The first-order chi connectivity index (χ1) is 9.04. The molecule has 0 atom stereocenters. The van der Waals surface area contributed by atoms with E-state index in [4.69, 9.17) is 5.73 Å². The first kappa shape index (κ1) is 13.3. The van der Waals surface area contributed by atoms with Crippen molar-refractivity contribution < 1.29 is 9.72 Å². The van der Waals surface area contributed by atoms with E-state index in [1.807, 2.05) is 11.8 Å². The van der Waals surface area contributed by atoms with Gasteiger partial charge in [0.1, 0.15) is 0 Å². The number of hydrogen-bond acceptors (Lipinski definition) is 5. The van der Waals surface area contributed by atoms with E-state index >= 15 is 0 Å². The number of hydrogen-bond donors (Lipinski definition) is 2. The van der Waals surface area contributed by atoms with Gasteiger partial charge in [-0.1, -0.05) is 0 Å². The van der Waals surface area contributed by atoms with Crippen LogP contribution in [0.25, 0.3) is 0 Å². The number of likely N-dealkylation sites (N-methyl/N-ethyl adjacent to an activating group) is 1. The van der Waals surface area contributed by atoms with Crippen LogP contribution < -0.4 is 16.0 Å². The molecule has 1 aromatic carbocycles. The smallest absolute Gasteiger partial charge is 0.270 e. The molecule has 1 saturated heterocycles. The quantitative estimate of drug-likeness (QED) is 0.595. The third-order valence-corrected chi connectivity index (χ3v) is 3.31. The Balaban J connectivity index is 2.42. The Bertz CT molecular complexity index is 514. The van der Waals surface area contributed by atoms with Crippen molar-refractivity contribution in [3.8, 4) is 0 Å². The second-order valence-corrected chi connectivity index (χ2v) is 4.42. The maximum absolute atomic E-state index is 11.5. The largest absolute Gasteiger partial charge is 0.366 e. The number of benzene rings is 1. The molecule has 1 amide bonds. The number of nitro benzene ring substituents is 1. The molecule has 3 N–H and O–H groups in total. The number of amides is 1. The first-order valence-corrected chi connectivity index (χ1v) is 6.10. The summed E-state index contributed by atoms with van der Waals surface area (Å²) in [7, 11) is 0. The molecule has 102 valence electrons. The van der Waals surface area contributed by atoms with Gasteiger partial charge in [-0.25, -0.2) is 0 Å². The van der Waals surface area contributed by atoms with Crippen molar-refractivity contribution in [3.05, 3.63) is 33.9 Å². The van der Waals surface area contributed by atoms with Crippen molar-refractivity contribution in [3.63, 3.8) is 0 Å². The number of carbonyl (C=O) groups excluding carboxylic acids is 1. The van der Waals surface area contributed by atoms with Crippen LogP contribution in [0.4, 0.5) is 11.4 Å². The monoisotopic (exact) mass is 264 g/mol. The SMILES string of the molecule is CCN(c1ccc([N+](=O)[O-])cc1C(N)=O)C1CNC1. The van der Waals surface area contributed by atoms with E-state index in [1.165, 1.54) is 12.1 Å². The third-order valence-electron chi connectivity index (χ3n) is 3.31. The number of rotatable bonds is 5. The van der Waals surface area contributed by atoms with Crippen LogP contribution in [0.15, 0.2) is 18.2 Å². The number of nitrogens with zero attached hydrogens (tertiary/aromatic N) is 2. The number of nitrogens with one attached hydrogen (secondary N) is 1. The Kier molecular flexibility index (Phi) is 3.66. The van der Waals surface area contributed by atoms with E-state index in [9.17, 15) is 14.9 Å². The van der Waals surface area contributed by atoms with Gasteiger partial charge in [0.2, 0.25) is 0 Å². The van der Waals surface area contributed by atoms with Crippen LogP contribution in [0.3, 0.4) is 0 Å². The fourth-order valence-corrected chi connectivity index (χ4v) is 2.20. The van der Waals surface area contributed by atoms with Crippen molar-refractivity contribution >= 4 is 17.3 Å². The predicted octanol–water partition coefficient (Wildman–Crippen LogP) is 0.492. The average Bonchev–Trinajstić information content (AvgIpc) is 2.32. The lowest BCUT2D eigenvalue weighted by molar-refractivity contribution is -0.384. The van der Waals surface area contributed by atoms with Gasteiger partial charge in [-0.2, -0.15) is 0 Å². The number of primary amides is 1. The average molecular weight is 264 g/mol. The standard InChI is InChI=1S/C12H16N4O3/c1-2-15(9-6-14-7-9)11-4-3-8(16(18)19)5-10(11)12(13)17/h3-5,9,14H,2,6-7H2,1H3,(H2,13,17). The zero-order valence-electron chi connectivity index (χ0n) is 10.6. The van der Waals surface area contributed by atoms with Crippen LogP contribution in [0.1, 0.15) is 17.3 Å². The van der Waals surface area contributed by atoms with Crippen LogP contribution in [-0.4, -0.2) is 36.5 Å². The Morgan fingerprint density at radius 1 is 1.58 bits per heavy atom.